The molecular weight excluding hydrogens is 513 g/mol. The number of hydrogen-bond donors (Lipinski definition) is 2. The van der Waals surface area contributed by atoms with Crippen LogP contribution in [-0.2, 0) is 0 Å². The molecule has 0 spiro atoms. The SMILES string of the molecule is COc1cc2c(Nc3ccc(NC(=O)c4cccc(Cl)c4)nc3)ncnc2cc1OCCCCl.Cl. The minimum absolute atomic E-state index is 0. The fourth-order valence-electron chi connectivity index (χ4n) is 3.17. The monoisotopic (exact) mass is 533 g/mol. The maximum atomic E-state index is 12.4. The van der Waals surface area contributed by atoms with Crippen molar-refractivity contribution in [3.05, 3.63) is 71.6 Å². The van der Waals surface area contributed by atoms with Crippen LogP contribution in [-0.4, -0.2) is 40.5 Å². The first-order chi connectivity index (χ1) is 16.6. The summed E-state index contributed by atoms with van der Waals surface area (Å²) in [5.41, 5.74) is 1.82. The second kappa shape index (κ2) is 12.4. The lowest BCUT2D eigenvalue weighted by molar-refractivity contribution is 0.102. The van der Waals surface area contributed by atoms with Gasteiger partial charge in [-0.2, -0.15) is 0 Å². The number of pyridine rings is 1. The van der Waals surface area contributed by atoms with E-state index in [0.717, 1.165) is 11.8 Å². The Labute approximate surface area is 218 Å². The first kappa shape index (κ1) is 26.3. The molecule has 0 atom stereocenters. The van der Waals surface area contributed by atoms with Crippen LogP contribution in [0.3, 0.4) is 0 Å². The molecule has 4 aromatic rings. The lowest BCUT2D eigenvalue weighted by atomic mass is 10.2. The summed E-state index contributed by atoms with van der Waals surface area (Å²) < 4.78 is 11.3. The first-order valence-corrected chi connectivity index (χ1v) is 11.3. The number of fused-ring (bicyclic) bond motifs is 1. The quantitative estimate of drug-likeness (QED) is 0.197. The predicted octanol–water partition coefficient (Wildman–Crippen LogP) is 6.11. The van der Waals surface area contributed by atoms with E-state index in [0.29, 0.717) is 57.4 Å². The summed E-state index contributed by atoms with van der Waals surface area (Å²) in [4.78, 5) is 25.4. The maximum absolute atomic E-state index is 12.4. The van der Waals surface area contributed by atoms with Crippen LogP contribution >= 0.6 is 35.6 Å². The van der Waals surface area contributed by atoms with Gasteiger partial charge in [0, 0.05) is 27.9 Å². The van der Waals surface area contributed by atoms with Gasteiger partial charge in [-0.25, -0.2) is 15.0 Å². The number of nitrogens with zero attached hydrogens (tertiary/aromatic N) is 3. The predicted molar refractivity (Wildman–Crippen MR) is 141 cm³/mol. The Hall–Kier alpha value is -3.33. The van der Waals surface area contributed by atoms with E-state index in [1.54, 1.807) is 49.7 Å². The minimum Gasteiger partial charge on any atom is -0.493 e. The Morgan fingerprint density at radius 3 is 2.63 bits per heavy atom. The molecule has 2 aromatic heterocycles. The van der Waals surface area contributed by atoms with Crippen molar-refractivity contribution in [3.63, 3.8) is 0 Å². The van der Waals surface area contributed by atoms with Crippen molar-refractivity contribution in [1.29, 1.82) is 0 Å². The molecule has 2 heterocycles. The molecule has 182 valence electrons. The van der Waals surface area contributed by atoms with Crippen LogP contribution < -0.4 is 20.1 Å². The Morgan fingerprint density at radius 1 is 1.06 bits per heavy atom. The molecular formula is C24H22Cl3N5O3. The van der Waals surface area contributed by atoms with Crippen molar-refractivity contribution in [2.75, 3.05) is 30.2 Å². The largest absolute Gasteiger partial charge is 0.493 e. The van der Waals surface area contributed by atoms with E-state index < -0.39 is 0 Å². The summed E-state index contributed by atoms with van der Waals surface area (Å²) in [5.74, 6) is 2.36. The average molecular weight is 535 g/mol. The van der Waals surface area contributed by atoms with E-state index in [4.69, 9.17) is 32.7 Å². The van der Waals surface area contributed by atoms with Crippen LogP contribution in [0, 0.1) is 0 Å². The highest BCUT2D eigenvalue weighted by molar-refractivity contribution is 6.31. The van der Waals surface area contributed by atoms with Crippen LogP contribution in [0.2, 0.25) is 5.02 Å². The molecule has 2 N–H and O–H groups in total. The third-order valence-electron chi connectivity index (χ3n) is 4.81. The van der Waals surface area contributed by atoms with Gasteiger partial charge >= 0.3 is 0 Å². The van der Waals surface area contributed by atoms with Crippen molar-refractivity contribution < 1.29 is 14.3 Å². The molecule has 4 rings (SSSR count). The van der Waals surface area contributed by atoms with E-state index in [-0.39, 0.29) is 18.3 Å². The molecule has 0 bridgehead atoms. The van der Waals surface area contributed by atoms with Gasteiger partial charge in [0.05, 0.1) is 31.1 Å². The van der Waals surface area contributed by atoms with E-state index >= 15 is 0 Å². The van der Waals surface area contributed by atoms with Crippen LogP contribution in [0.25, 0.3) is 10.9 Å². The Balaban J connectivity index is 0.00000342. The number of alkyl halides is 1. The van der Waals surface area contributed by atoms with Gasteiger partial charge in [0.1, 0.15) is 18.0 Å². The zero-order valence-electron chi connectivity index (χ0n) is 18.6. The van der Waals surface area contributed by atoms with Crippen molar-refractivity contribution >= 4 is 69.7 Å². The van der Waals surface area contributed by atoms with Crippen molar-refractivity contribution in [2.24, 2.45) is 0 Å². The molecule has 0 fully saturated rings. The number of carbonyl (C=O) groups is 1. The molecule has 11 heteroatoms. The van der Waals surface area contributed by atoms with E-state index in [2.05, 4.69) is 25.6 Å². The minimum atomic E-state index is -0.298. The molecule has 0 aliphatic rings. The highest BCUT2D eigenvalue weighted by Gasteiger charge is 2.13. The van der Waals surface area contributed by atoms with Crippen molar-refractivity contribution in [1.82, 2.24) is 15.0 Å². The van der Waals surface area contributed by atoms with E-state index in [1.165, 1.54) is 6.33 Å². The van der Waals surface area contributed by atoms with Gasteiger partial charge in [-0.05, 0) is 42.8 Å². The highest BCUT2D eigenvalue weighted by Crippen LogP contribution is 2.34. The number of rotatable bonds is 9. The molecule has 0 radical (unpaired) electrons. The number of halogens is 3. The number of carbonyl (C=O) groups excluding carboxylic acids is 1. The molecule has 0 saturated carbocycles. The normalized spacial score (nSPS) is 10.4. The fourth-order valence-corrected chi connectivity index (χ4v) is 3.47. The topological polar surface area (TPSA) is 98.3 Å². The van der Waals surface area contributed by atoms with Gasteiger partial charge in [-0.15, -0.1) is 24.0 Å². The number of amides is 1. The first-order valence-electron chi connectivity index (χ1n) is 10.4. The molecule has 35 heavy (non-hydrogen) atoms. The fraction of sp³-hybridized carbons (Fsp3) is 0.167. The molecule has 8 nitrogen and oxygen atoms in total. The standard InChI is InChI=1S/C24H21Cl2N5O3.ClH/c1-33-20-11-18-19(12-21(20)34-9-3-8-25)28-14-29-23(18)30-17-6-7-22(27-13-17)31-24(32)15-4-2-5-16(26)10-15;/h2,4-7,10-14H,3,8-9H2,1H3,(H,27,31,32)(H,28,29,30);1H. The average Bonchev–Trinajstić information content (AvgIpc) is 2.85. The van der Waals surface area contributed by atoms with Gasteiger partial charge in [0.15, 0.2) is 11.5 Å². The lowest BCUT2D eigenvalue weighted by Gasteiger charge is -2.13. The van der Waals surface area contributed by atoms with Crippen LogP contribution in [0.1, 0.15) is 16.8 Å². The van der Waals surface area contributed by atoms with Gasteiger partial charge in [0.2, 0.25) is 0 Å². The number of methoxy groups -OCH3 is 1. The Morgan fingerprint density at radius 2 is 1.91 bits per heavy atom. The van der Waals surface area contributed by atoms with E-state index in [9.17, 15) is 4.79 Å². The Kier molecular flexibility index (Phi) is 9.31. The second-order valence-corrected chi connectivity index (χ2v) is 7.97. The molecule has 2 aromatic carbocycles. The molecule has 0 unspecified atom stereocenters. The zero-order chi connectivity index (χ0) is 23.9. The third-order valence-corrected chi connectivity index (χ3v) is 5.31. The van der Waals surface area contributed by atoms with Gasteiger partial charge in [-0.3, -0.25) is 4.79 Å². The number of nitrogens with one attached hydrogen (secondary N) is 2. The Bertz CT molecular complexity index is 1310. The number of anilines is 3. The number of ether oxygens (including phenoxy) is 2. The summed E-state index contributed by atoms with van der Waals surface area (Å²) in [6.45, 7) is 0.480. The number of aromatic nitrogens is 3. The smallest absolute Gasteiger partial charge is 0.256 e. The number of benzene rings is 2. The second-order valence-electron chi connectivity index (χ2n) is 7.16. The number of hydrogen-bond acceptors (Lipinski definition) is 7. The van der Waals surface area contributed by atoms with Crippen molar-refractivity contribution in [3.8, 4) is 11.5 Å². The maximum Gasteiger partial charge on any atom is 0.256 e. The lowest BCUT2D eigenvalue weighted by Crippen LogP contribution is -2.12. The summed E-state index contributed by atoms with van der Waals surface area (Å²) in [6.07, 6.45) is 3.79. The summed E-state index contributed by atoms with van der Waals surface area (Å²) in [7, 11) is 1.58. The molecule has 0 saturated heterocycles. The van der Waals surface area contributed by atoms with Crippen LogP contribution in [0.15, 0.2) is 61.1 Å². The summed E-state index contributed by atoms with van der Waals surface area (Å²) in [5, 5.41) is 7.22. The summed E-state index contributed by atoms with van der Waals surface area (Å²) >= 11 is 11.7. The van der Waals surface area contributed by atoms with Crippen molar-refractivity contribution in [2.45, 2.75) is 6.42 Å². The molecule has 0 aliphatic heterocycles. The van der Waals surface area contributed by atoms with Gasteiger partial charge in [0.25, 0.3) is 5.91 Å². The van der Waals surface area contributed by atoms with E-state index in [1.807, 2.05) is 12.1 Å². The van der Waals surface area contributed by atoms with Crippen LogP contribution in [0.5, 0.6) is 11.5 Å². The van der Waals surface area contributed by atoms with Gasteiger partial charge in [-0.1, -0.05) is 17.7 Å². The molecule has 0 aliphatic carbocycles. The highest BCUT2D eigenvalue weighted by atomic mass is 35.5. The zero-order valence-corrected chi connectivity index (χ0v) is 21.0. The summed E-state index contributed by atoms with van der Waals surface area (Å²) in [6, 6.07) is 13.8. The van der Waals surface area contributed by atoms with Crippen LogP contribution in [0.4, 0.5) is 17.3 Å². The van der Waals surface area contributed by atoms with Gasteiger partial charge < -0.3 is 20.1 Å². The third kappa shape index (κ3) is 6.63. The molecule has 1 amide bonds.